The van der Waals surface area contributed by atoms with Gasteiger partial charge in [0.15, 0.2) is 0 Å². The predicted octanol–water partition coefficient (Wildman–Crippen LogP) is 3.76. The number of anilines is 1. The van der Waals surface area contributed by atoms with Gasteiger partial charge >= 0.3 is 0 Å². The Balaban J connectivity index is 1.98. The molecule has 0 unspecified atom stereocenters. The van der Waals surface area contributed by atoms with Gasteiger partial charge in [-0.05, 0) is 19.1 Å². The fourth-order valence-electron chi connectivity index (χ4n) is 1.50. The van der Waals surface area contributed by atoms with Crippen LogP contribution in [-0.4, -0.2) is 9.97 Å². The van der Waals surface area contributed by atoms with E-state index in [9.17, 15) is 0 Å². The maximum atomic E-state index is 4.65. The molecule has 0 aliphatic carbocycles. The molecule has 0 aliphatic rings. The maximum Gasteiger partial charge on any atom is 0.0982 e. The van der Waals surface area contributed by atoms with E-state index in [2.05, 4.69) is 41.4 Å². The lowest BCUT2D eigenvalue weighted by atomic mass is 9.98. The van der Waals surface area contributed by atoms with Gasteiger partial charge in [-0.1, -0.05) is 20.8 Å². The van der Waals surface area contributed by atoms with E-state index < -0.39 is 0 Å². The molecule has 2 aromatic rings. The highest BCUT2D eigenvalue weighted by Crippen LogP contribution is 2.25. The summed E-state index contributed by atoms with van der Waals surface area (Å²) in [7, 11) is 0. The molecular weight excluding hydrogens is 242 g/mol. The highest BCUT2D eigenvalue weighted by molar-refractivity contribution is 7.09. The molecule has 0 aliphatic heterocycles. The second kappa shape index (κ2) is 5.06. The van der Waals surface area contributed by atoms with Crippen molar-refractivity contribution in [1.29, 1.82) is 0 Å². The first kappa shape index (κ1) is 13.0. The minimum Gasteiger partial charge on any atom is -0.378 e. The molecule has 0 radical (unpaired) electrons. The number of pyridine rings is 1. The fourth-order valence-corrected chi connectivity index (χ4v) is 2.40. The Labute approximate surface area is 112 Å². The summed E-state index contributed by atoms with van der Waals surface area (Å²) in [6, 6.07) is 4.04. The van der Waals surface area contributed by atoms with Gasteiger partial charge in [-0.15, -0.1) is 11.3 Å². The Hall–Kier alpha value is -1.42. The van der Waals surface area contributed by atoms with Crippen LogP contribution in [0.25, 0.3) is 0 Å². The zero-order valence-electron chi connectivity index (χ0n) is 11.3. The summed E-state index contributed by atoms with van der Waals surface area (Å²) in [4.78, 5) is 8.91. The molecule has 2 heterocycles. The molecule has 0 spiro atoms. The number of hydrogen-bond acceptors (Lipinski definition) is 4. The van der Waals surface area contributed by atoms with E-state index in [1.165, 1.54) is 5.01 Å². The van der Waals surface area contributed by atoms with Gasteiger partial charge < -0.3 is 5.32 Å². The van der Waals surface area contributed by atoms with Crippen molar-refractivity contribution in [2.24, 2.45) is 0 Å². The molecule has 18 heavy (non-hydrogen) atoms. The van der Waals surface area contributed by atoms with Crippen LogP contribution in [0.3, 0.4) is 0 Å². The van der Waals surface area contributed by atoms with Gasteiger partial charge in [0.1, 0.15) is 0 Å². The maximum absolute atomic E-state index is 4.65. The number of hydrogen-bond donors (Lipinski definition) is 1. The van der Waals surface area contributed by atoms with E-state index in [4.69, 9.17) is 0 Å². The molecule has 1 N–H and O–H groups in total. The zero-order chi connectivity index (χ0) is 13.2. The molecule has 0 aromatic carbocycles. The largest absolute Gasteiger partial charge is 0.378 e. The van der Waals surface area contributed by atoms with Crippen LogP contribution >= 0.6 is 11.3 Å². The van der Waals surface area contributed by atoms with E-state index in [0.29, 0.717) is 0 Å². The first-order valence-electron chi connectivity index (χ1n) is 6.06. The first-order valence-corrected chi connectivity index (χ1v) is 6.94. The number of nitrogens with zero attached hydrogens (tertiary/aromatic N) is 2. The average Bonchev–Trinajstić information content (AvgIpc) is 2.77. The van der Waals surface area contributed by atoms with Crippen LogP contribution in [0.4, 0.5) is 5.69 Å². The molecule has 4 heteroatoms. The lowest BCUT2D eigenvalue weighted by Crippen LogP contribution is -2.11. The molecule has 2 rings (SSSR count). The Morgan fingerprint density at radius 2 is 2.06 bits per heavy atom. The van der Waals surface area contributed by atoms with Gasteiger partial charge in [-0.3, -0.25) is 4.98 Å². The molecule has 3 nitrogen and oxygen atoms in total. The van der Waals surface area contributed by atoms with Crippen LogP contribution in [0.15, 0.2) is 23.7 Å². The second-order valence-corrected chi connectivity index (χ2v) is 6.29. The van der Waals surface area contributed by atoms with Crippen molar-refractivity contribution < 1.29 is 0 Å². The van der Waals surface area contributed by atoms with Gasteiger partial charge in [0, 0.05) is 16.5 Å². The van der Waals surface area contributed by atoms with E-state index in [-0.39, 0.29) is 5.41 Å². The van der Waals surface area contributed by atoms with E-state index in [0.717, 1.165) is 23.6 Å². The molecule has 0 bridgehead atoms. The zero-order valence-corrected chi connectivity index (χ0v) is 12.1. The van der Waals surface area contributed by atoms with Crippen LogP contribution in [-0.2, 0) is 12.0 Å². The van der Waals surface area contributed by atoms with Gasteiger partial charge in [0.05, 0.1) is 29.1 Å². The van der Waals surface area contributed by atoms with Crippen molar-refractivity contribution in [1.82, 2.24) is 9.97 Å². The first-order chi connectivity index (χ1) is 8.45. The minimum atomic E-state index is 0.133. The summed E-state index contributed by atoms with van der Waals surface area (Å²) < 4.78 is 0. The lowest BCUT2D eigenvalue weighted by molar-refractivity contribution is 0.583. The molecule has 0 saturated carbocycles. The predicted molar refractivity (Wildman–Crippen MR) is 77.1 cm³/mol. The van der Waals surface area contributed by atoms with Crippen molar-refractivity contribution in [3.63, 3.8) is 0 Å². The van der Waals surface area contributed by atoms with Crippen molar-refractivity contribution in [3.8, 4) is 0 Å². The van der Waals surface area contributed by atoms with Gasteiger partial charge in [0.25, 0.3) is 0 Å². The molecule has 2 aromatic heterocycles. The van der Waals surface area contributed by atoms with E-state index >= 15 is 0 Å². The molecule has 0 atom stereocenters. The van der Waals surface area contributed by atoms with E-state index in [1.54, 1.807) is 11.3 Å². The Morgan fingerprint density at radius 1 is 1.28 bits per heavy atom. The van der Waals surface area contributed by atoms with Gasteiger partial charge in [0.2, 0.25) is 0 Å². The molecular formula is C14H19N3S. The third-order valence-electron chi connectivity index (χ3n) is 2.58. The molecule has 0 amide bonds. The van der Waals surface area contributed by atoms with E-state index in [1.807, 2.05) is 25.3 Å². The van der Waals surface area contributed by atoms with Crippen LogP contribution < -0.4 is 5.32 Å². The average molecular weight is 261 g/mol. The number of aromatic nitrogens is 2. The number of rotatable bonds is 3. The van der Waals surface area contributed by atoms with Gasteiger partial charge in [-0.2, -0.15) is 0 Å². The summed E-state index contributed by atoms with van der Waals surface area (Å²) in [6.45, 7) is 9.30. The van der Waals surface area contributed by atoms with Crippen molar-refractivity contribution >= 4 is 17.0 Å². The topological polar surface area (TPSA) is 37.8 Å². The fraction of sp³-hybridized carbons (Fsp3) is 0.429. The standard InChI is InChI=1S/C14H19N3S/c1-10-5-6-11(7-15-10)16-8-12-9-18-13(17-12)14(2,3)4/h5-7,9,16H,8H2,1-4H3. The lowest BCUT2D eigenvalue weighted by Gasteiger charge is -2.13. The summed E-state index contributed by atoms with van der Waals surface area (Å²) in [5, 5.41) is 6.64. The Bertz CT molecular complexity index is 509. The summed E-state index contributed by atoms with van der Waals surface area (Å²) in [6.07, 6.45) is 1.85. The summed E-state index contributed by atoms with van der Waals surface area (Å²) >= 11 is 1.73. The quantitative estimate of drug-likeness (QED) is 0.914. The molecule has 0 fully saturated rings. The SMILES string of the molecule is Cc1ccc(NCc2csc(C(C)(C)C)n2)cn1. The smallest absolute Gasteiger partial charge is 0.0982 e. The minimum absolute atomic E-state index is 0.133. The number of aryl methyl sites for hydroxylation is 1. The van der Waals surface area contributed by atoms with Crippen molar-refractivity contribution in [3.05, 3.63) is 40.1 Å². The van der Waals surface area contributed by atoms with Crippen molar-refractivity contribution in [2.45, 2.75) is 39.7 Å². The second-order valence-electron chi connectivity index (χ2n) is 5.44. The van der Waals surface area contributed by atoms with Crippen LogP contribution in [0.2, 0.25) is 0 Å². The molecule has 96 valence electrons. The third-order valence-corrected chi connectivity index (χ3v) is 3.90. The Morgan fingerprint density at radius 3 is 2.61 bits per heavy atom. The van der Waals surface area contributed by atoms with Crippen LogP contribution in [0.1, 0.15) is 37.2 Å². The normalized spacial score (nSPS) is 11.6. The van der Waals surface area contributed by atoms with Gasteiger partial charge in [-0.25, -0.2) is 4.98 Å². The summed E-state index contributed by atoms with van der Waals surface area (Å²) in [5.41, 5.74) is 3.29. The Kier molecular flexibility index (Phi) is 3.66. The highest BCUT2D eigenvalue weighted by Gasteiger charge is 2.17. The third kappa shape index (κ3) is 3.29. The monoisotopic (exact) mass is 261 g/mol. The molecule has 0 saturated heterocycles. The van der Waals surface area contributed by atoms with Crippen LogP contribution in [0, 0.1) is 6.92 Å². The number of thiazole rings is 1. The van der Waals surface area contributed by atoms with Crippen molar-refractivity contribution in [2.75, 3.05) is 5.32 Å². The summed E-state index contributed by atoms with van der Waals surface area (Å²) in [5.74, 6) is 0. The van der Waals surface area contributed by atoms with Crippen LogP contribution in [0.5, 0.6) is 0 Å². The highest BCUT2D eigenvalue weighted by atomic mass is 32.1. The number of nitrogens with one attached hydrogen (secondary N) is 1.